The highest BCUT2D eigenvalue weighted by atomic mass is 16.5. The number of ether oxygens (including phenoxy) is 1. The first-order valence-electron chi connectivity index (χ1n) is 6.80. The number of anilines is 1. The third-order valence-electron chi connectivity index (χ3n) is 3.73. The second-order valence-electron chi connectivity index (χ2n) is 4.96. The minimum atomic E-state index is -0.349. The fraction of sp³-hybridized carbons (Fsp3) is 0.312. The zero-order chi connectivity index (χ0) is 15.7. The number of nitrogen functional groups attached to an aromatic ring is 1. The van der Waals surface area contributed by atoms with Gasteiger partial charge in [-0.1, -0.05) is 6.07 Å². The van der Waals surface area contributed by atoms with Crippen LogP contribution in [0.5, 0.6) is 5.75 Å². The molecule has 2 rings (SSSR count). The van der Waals surface area contributed by atoms with Crippen molar-refractivity contribution in [3.8, 4) is 17.0 Å². The number of nitrogens with zero attached hydrogens (tertiary/aromatic N) is 1. The lowest BCUT2D eigenvalue weighted by Gasteiger charge is -2.10. The number of nitrogens with two attached hydrogens (primary N) is 1. The van der Waals surface area contributed by atoms with E-state index in [2.05, 4.69) is 0 Å². The molecule has 112 valence electrons. The highest BCUT2D eigenvalue weighted by Crippen LogP contribution is 2.38. The molecule has 0 bridgehead atoms. The molecule has 0 radical (unpaired) electrons. The summed E-state index contributed by atoms with van der Waals surface area (Å²) in [5.74, 6) is -0.325. The van der Waals surface area contributed by atoms with Gasteiger partial charge in [0.15, 0.2) is 0 Å². The summed E-state index contributed by atoms with van der Waals surface area (Å²) in [6, 6.07) is 5.19. The van der Waals surface area contributed by atoms with Crippen LogP contribution in [0, 0.1) is 13.8 Å². The minimum Gasteiger partial charge on any atom is -0.505 e. The predicted octanol–water partition coefficient (Wildman–Crippen LogP) is 2.77. The molecule has 5 nitrogen and oxygen atoms in total. The van der Waals surface area contributed by atoms with Crippen molar-refractivity contribution in [3.05, 3.63) is 35.0 Å². The number of para-hydroxylation sites is 1. The van der Waals surface area contributed by atoms with Gasteiger partial charge in [0.25, 0.3) is 0 Å². The van der Waals surface area contributed by atoms with Crippen molar-refractivity contribution in [3.63, 3.8) is 0 Å². The lowest BCUT2D eigenvalue weighted by molar-refractivity contribution is 0.0524. The fourth-order valence-corrected chi connectivity index (χ4v) is 2.62. The SMILES string of the molecule is CCOC(=O)c1c(C)c(-c2cccc(N)c2O)n(C)c1C. The van der Waals surface area contributed by atoms with E-state index in [1.165, 1.54) is 0 Å². The number of aromatic nitrogens is 1. The van der Waals surface area contributed by atoms with E-state index in [-0.39, 0.29) is 11.7 Å². The monoisotopic (exact) mass is 288 g/mol. The molecule has 0 atom stereocenters. The van der Waals surface area contributed by atoms with Gasteiger partial charge in [-0.05, 0) is 38.5 Å². The van der Waals surface area contributed by atoms with Gasteiger partial charge in [-0.2, -0.15) is 0 Å². The molecule has 0 amide bonds. The minimum absolute atomic E-state index is 0.0246. The smallest absolute Gasteiger partial charge is 0.340 e. The Labute approximate surface area is 124 Å². The van der Waals surface area contributed by atoms with Gasteiger partial charge in [-0.25, -0.2) is 4.79 Å². The number of hydrogen-bond donors (Lipinski definition) is 2. The average molecular weight is 288 g/mol. The largest absolute Gasteiger partial charge is 0.505 e. The van der Waals surface area contributed by atoms with Gasteiger partial charge >= 0.3 is 5.97 Å². The number of carbonyl (C=O) groups is 1. The summed E-state index contributed by atoms with van der Waals surface area (Å²) in [4.78, 5) is 12.1. The van der Waals surface area contributed by atoms with Crippen LogP contribution >= 0.6 is 0 Å². The van der Waals surface area contributed by atoms with E-state index >= 15 is 0 Å². The summed E-state index contributed by atoms with van der Waals surface area (Å²) in [6.45, 7) is 5.80. The van der Waals surface area contributed by atoms with Gasteiger partial charge in [0.1, 0.15) is 5.75 Å². The molecule has 1 aromatic carbocycles. The number of rotatable bonds is 3. The third-order valence-corrected chi connectivity index (χ3v) is 3.73. The van der Waals surface area contributed by atoms with E-state index in [0.717, 1.165) is 17.0 Å². The molecule has 1 aromatic heterocycles. The van der Waals surface area contributed by atoms with E-state index in [4.69, 9.17) is 10.5 Å². The number of carbonyl (C=O) groups excluding carboxylic acids is 1. The Bertz CT molecular complexity index is 702. The molecule has 0 unspecified atom stereocenters. The van der Waals surface area contributed by atoms with Crippen molar-refractivity contribution in [2.75, 3.05) is 12.3 Å². The van der Waals surface area contributed by atoms with E-state index < -0.39 is 0 Å². The zero-order valence-corrected chi connectivity index (χ0v) is 12.7. The molecule has 0 fully saturated rings. The van der Waals surface area contributed by atoms with Crippen LogP contribution in [0.25, 0.3) is 11.3 Å². The fourth-order valence-electron chi connectivity index (χ4n) is 2.62. The maximum absolute atomic E-state index is 12.1. The van der Waals surface area contributed by atoms with Crippen molar-refractivity contribution < 1.29 is 14.6 Å². The summed E-state index contributed by atoms with van der Waals surface area (Å²) >= 11 is 0. The Kier molecular flexibility index (Phi) is 3.93. The van der Waals surface area contributed by atoms with Gasteiger partial charge in [-0.15, -0.1) is 0 Å². The zero-order valence-electron chi connectivity index (χ0n) is 12.7. The molecule has 21 heavy (non-hydrogen) atoms. The molecule has 0 aliphatic carbocycles. The maximum atomic E-state index is 12.1. The lowest BCUT2D eigenvalue weighted by Crippen LogP contribution is -2.07. The Morgan fingerprint density at radius 1 is 1.38 bits per heavy atom. The second-order valence-corrected chi connectivity index (χ2v) is 4.96. The van der Waals surface area contributed by atoms with Crippen molar-refractivity contribution in [1.29, 1.82) is 0 Å². The molecule has 0 aliphatic rings. The molecule has 0 saturated carbocycles. The molecule has 2 aromatic rings. The number of phenolic OH excluding ortho intramolecular Hbond substituents is 1. The van der Waals surface area contributed by atoms with E-state index in [1.54, 1.807) is 25.1 Å². The van der Waals surface area contributed by atoms with Crippen LogP contribution in [0.4, 0.5) is 5.69 Å². The van der Waals surface area contributed by atoms with Crippen molar-refractivity contribution in [2.45, 2.75) is 20.8 Å². The van der Waals surface area contributed by atoms with Crippen LogP contribution in [0.2, 0.25) is 0 Å². The topological polar surface area (TPSA) is 77.5 Å². The normalized spacial score (nSPS) is 10.7. The van der Waals surface area contributed by atoms with Gasteiger partial charge in [0.2, 0.25) is 0 Å². The quantitative estimate of drug-likeness (QED) is 0.517. The molecule has 3 N–H and O–H groups in total. The Hall–Kier alpha value is -2.43. The van der Waals surface area contributed by atoms with Crippen LogP contribution in [0.15, 0.2) is 18.2 Å². The van der Waals surface area contributed by atoms with Gasteiger partial charge in [-0.3, -0.25) is 0 Å². The second kappa shape index (κ2) is 5.52. The van der Waals surface area contributed by atoms with E-state index in [9.17, 15) is 9.90 Å². The van der Waals surface area contributed by atoms with Gasteiger partial charge < -0.3 is 20.1 Å². The number of benzene rings is 1. The van der Waals surface area contributed by atoms with E-state index in [0.29, 0.717) is 23.4 Å². The summed E-state index contributed by atoms with van der Waals surface area (Å²) in [5.41, 5.74) is 9.54. The molecule has 5 heteroatoms. The standard InChI is InChI=1S/C16H20N2O3/c1-5-21-16(20)13-9(2)14(18(4)10(13)3)11-7-6-8-12(17)15(11)19/h6-8,19H,5,17H2,1-4H3. The Morgan fingerprint density at radius 2 is 2.05 bits per heavy atom. The molecule has 1 heterocycles. The van der Waals surface area contributed by atoms with Gasteiger partial charge in [0.05, 0.1) is 23.6 Å². The van der Waals surface area contributed by atoms with Crippen molar-refractivity contribution in [2.24, 2.45) is 7.05 Å². The first-order chi connectivity index (χ1) is 9.90. The van der Waals surface area contributed by atoms with Crippen LogP contribution in [0.1, 0.15) is 28.5 Å². The summed E-state index contributed by atoms with van der Waals surface area (Å²) in [6.07, 6.45) is 0. The van der Waals surface area contributed by atoms with Crippen LogP contribution in [-0.2, 0) is 11.8 Å². The van der Waals surface area contributed by atoms with Crippen LogP contribution in [-0.4, -0.2) is 22.2 Å². The maximum Gasteiger partial charge on any atom is 0.340 e. The Morgan fingerprint density at radius 3 is 2.67 bits per heavy atom. The number of phenols is 1. The number of esters is 1. The van der Waals surface area contributed by atoms with Gasteiger partial charge in [0, 0.05) is 18.3 Å². The van der Waals surface area contributed by atoms with Crippen molar-refractivity contribution in [1.82, 2.24) is 4.57 Å². The summed E-state index contributed by atoms with van der Waals surface area (Å²) in [5, 5.41) is 10.2. The summed E-state index contributed by atoms with van der Waals surface area (Å²) < 4.78 is 6.98. The third kappa shape index (κ3) is 2.35. The molecular weight excluding hydrogens is 268 g/mol. The van der Waals surface area contributed by atoms with E-state index in [1.807, 2.05) is 25.5 Å². The highest BCUT2D eigenvalue weighted by Gasteiger charge is 2.24. The number of aromatic hydroxyl groups is 1. The molecule has 0 saturated heterocycles. The lowest BCUT2D eigenvalue weighted by atomic mass is 10.0. The molecular formula is C16H20N2O3. The first-order valence-corrected chi connectivity index (χ1v) is 6.80. The van der Waals surface area contributed by atoms with Crippen LogP contribution in [0.3, 0.4) is 0 Å². The van der Waals surface area contributed by atoms with Crippen molar-refractivity contribution >= 4 is 11.7 Å². The highest BCUT2D eigenvalue weighted by molar-refractivity contribution is 5.96. The predicted molar refractivity (Wildman–Crippen MR) is 82.4 cm³/mol. The molecule has 0 spiro atoms. The molecule has 0 aliphatic heterocycles. The van der Waals surface area contributed by atoms with Crippen LogP contribution < -0.4 is 5.73 Å². The first kappa shape index (κ1) is 15.0. The Balaban J connectivity index is 2.69. The average Bonchev–Trinajstić information content (AvgIpc) is 2.65. The summed E-state index contributed by atoms with van der Waals surface area (Å²) in [7, 11) is 1.85. The number of hydrogen-bond acceptors (Lipinski definition) is 4.